The van der Waals surface area contributed by atoms with E-state index in [-0.39, 0.29) is 30.2 Å². The largest absolute Gasteiger partial charge is 0.484 e. The van der Waals surface area contributed by atoms with E-state index in [1.807, 2.05) is 59.5 Å². The van der Waals surface area contributed by atoms with Gasteiger partial charge in [-0.3, -0.25) is 9.59 Å². The van der Waals surface area contributed by atoms with Crippen molar-refractivity contribution in [3.63, 3.8) is 0 Å². The van der Waals surface area contributed by atoms with Gasteiger partial charge >= 0.3 is 6.03 Å². The topological polar surface area (TPSA) is 91.0 Å². The molecule has 5 rings (SSSR count). The lowest BCUT2D eigenvalue weighted by Crippen LogP contribution is -2.53. The molecule has 2 fully saturated rings. The van der Waals surface area contributed by atoms with Gasteiger partial charge in [0.1, 0.15) is 11.4 Å². The van der Waals surface area contributed by atoms with Crippen molar-refractivity contribution in [3.8, 4) is 5.75 Å². The summed E-state index contributed by atoms with van der Waals surface area (Å²) in [5.41, 5.74) is 0.844. The molecular weight excluding hydrogens is 432 g/mol. The first-order chi connectivity index (χ1) is 16.5. The molecule has 34 heavy (non-hydrogen) atoms. The molecule has 3 heterocycles. The van der Waals surface area contributed by atoms with Gasteiger partial charge in [-0.2, -0.15) is 0 Å². The first-order valence-corrected chi connectivity index (χ1v) is 12.0. The van der Waals surface area contributed by atoms with Gasteiger partial charge in [0.05, 0.1) is 18.0 Å². The standard InChI is InChI=1S/C26H30N4O4/c31-23-17-26(34-22-11-5-4-10-21(22)28-23)12-15-29(16-13-26)24(32)19-7-6-14-30(18-19)25(33)27-20-8-2-1-3-9-20/h1-5,8-11,19H,6-7,12-18H2,(H,27,33)(H,28,31). The minimum atomic E-state index is -0.596. The molecule has 8 heteroatoms. The summed E-state index contributed by atoms with van der Waals surface area (Å²) >= 11 is 0. The van der Waals surface area contributed by atoms with Crippen LogP contribution in [0.25, 0.3) is 0 Å². The van der Waals surface area contributed by atoms with E-state index >= 15 is 0 Å². The summed E-state index contributed by atoms with van der Waals surface area (Å²) in [5.74, 6) is 0.506. The van der Waals surface area contributed by atoms with Crippen molar-refractivity contribution in [2.75, 3.05) is 36.8 Å². The third-order valence-electron chi connectivity index (χ3n) is 7.04. The van der Waals surface area contributed by atoms with Gasteiger partial charge in [-0.25, -0.2) is 4.79 Å². The van der Waals surface area contributed by atoms with E-state index < -0.39 is 5.60 Å². The number of para-hydroxylation sites is 3. The molecule has 0 aliphatic carbocycles. The number of carbonyl (C=O) groups excluding carboxylic acids is 3. The van der Waals surface area contributed by atoms with Crippen molar-refractivity contribution in [1.29, 1.82) is 0 Å². The minimum Gasteiger partial charge on any atom is -0.484 e. The van der Waals surface area contributed by atoms with Gasteiger partial charge in [-0.1, -0.05) is 30.3 Å². The number of benzene rings is 2. The molecule has 1 spiro atoms. The number of anilines is 2. The Morgan fingerprint density at radius 3 is 2.50 bits per heavy atom. The zero-order valence-electron chi connectivity index (χ0n) is 19.2. The van der Waals surface area contributed by atoms with Gasteiger partial charge in [0.2, 0.25) is 11.8 Å². The minimum absolute atomic E-state index is 0.0583. The second-order valence-corrected chi connectivity index (χ2v) is 9.41. The molecular formula is C26H30N4O4. The lowest BCUT2D eigenvalue weighted by atomic mass is 9.86. The van der Waals surface area contributed by atoms with Gasteiger partial charge in [-0.15, -0.1) is 0 Å². The highest BCUT2D eigenvalue weighted by Crippen LogP contribution is 2.38. The molecule has 2 saturated heterocycles. The Kier molecular flexibility index (Phi) is 6.13. The predicted molar refractivity (Wildman–Crippen MR) is 129 cm³/mol. The van der Waals surface area contributed by atoms with Crippen LogP contribution >= 0.6 is 0 Å². The molecule has 1 atom stereocenters. The average Bonchev–Trinajstić information content (AvgIpc) is 2.99. The number of piperidine rings is 2. The number of urea groups is 1. The van der Waals surface area contributed by atoms with Crippen LogP contribution in [0.15, 0.2) is 54.6 Å². The van der Waals surface area contributed by atoms with Crippen molar-refractivity contribution in [3.05, 3.63) is 54.6 Å². The molecule has 0 radical (unpaired) electrons. The van der Waals surface area contributed by atoms with Crippen LogP contribution in [0.1, 0.15) is 32.1 Å². The second-order valence-electron chi connectivity index (χ2n) is 9.41. The monoisotopic (exact) mass is 462 g/mol. The zero-order chi connectivity index (χ0) is 23.5. The normalized spacial score (nSPS) is 21.6. The van der Waals surface area contributed by atoms with Gasteiger partial charge < -0.3 is 25.2 Å². The van der Waals surface area contributed by atoms with E-state index in [0.29, 0.717) is 50.5 Å². The number of rotatable bonds is 2. The lowest BCUT2D eigenvalue weighted by Gasteiger charge is -2.42. The SMILES string of the molecule is O=C1CC2(CCN(C(=O)C3CCCN(C(=O)Nc4ccccc4)C3)CC2)Oc2ccccc2N1. The van der Waals surface area contributed by atoms with E-state index in [0.717, 1.165) is 18.5 Å². The van der Waals surface area contributed by atoms with Crippen molar-refractivity contribution >= 4 is 29.2 Å². The van der Waals surface area contributed by atoms with Gasteiger partial charge in [0.15, 0.2) is 0 Å². The molecule has 0 aromatic heterocycles. The van der Waals surface area contributed by atoms with Crippen LogP contribution in [-0.4, -0.2) is 59.4 Å². The fourth-order valence-electron chi connectivity index (χ4n) is 5.17. The Balaban J connectivity index is 1.19. The molecule has 0 bridgehead atoms. The zero-order valence-corrected chi connectivity index (χ0v) is 19.2. The van der Waals surface area contributed by atoms with Crippen molar-refractivity contribution < 1.29 is 19.1 Å². The maximum absolute atomic E-state index is 13.3. The summed E-state index contributed by atoms with van der Waals surface area (Å²) in [6.45, 7) is 2.15. The number of fused-ring (bicyclic) bond motifs is 1. The van der Waals surface area contributed by atoms with Crippen LogP contribution in [0, 0.1) is 5.92 Å². The van der Waals surface area contributed by atoms with Crippen molar-refractivity contribution in [2.45, 2.75) is 37.7 Å². The van der Waals surface area contributed by atoms with Crippen molar-refractivity contribution in [1.82, 2.24) is 9.80 Å². The Morgan fingerprint density at radius 2 is 1.71 bits per heavy atom. The molecule has 4 amide bonds. The summed E-state index contributed by atoms with van der Waals surface area (Å²) in [5, 5.41) is 5.84. The third-order valence-corrected chi connectivity index (χ3v) is 7.04. The smallest absolute Gasteiger partial charge is 0.321 e. The van der Waals surface area contributed by atoms with E-state index in [1.165, 1.54) is 0 Å². The first-order valence-electron chi connectivity index (χ1n) is 12.0. The molecule has 2 N–H and O–H groups in total. The number of ether oxygens (including phenoxy) is 1. The average molecular weight is 463 g/mol. The molecule has 1 unspecified atom stereocenters. The van der Waals surface area contributed by atoms with Crippen LogP contribution < -0.4 is 15.4 Å². The van der Waals surface area contributed by atoms with E-state index in [4.69, 9.17) is 4.74 Å². The fourth-order valence-corrected chi connectivity index (χ4v) is 5.17. The molecule has 0 saturated carbocycles. The Morgan fingerprint density at radius 1 is 0.971 bits per heavy atom. The first kappa shape index (κ1) is 22.3. The van der Waals surface area contributed by atoms with Crippen LogP contribution in [0.4, 0.5) is 16.2 Å². The highest BCUT2D eigenvalue weighted by Gasteiger charge is 2.43. The molecule has 3 aliphatic heterocycles. The Bertz CT molecular complexity index is 1070. The molecule has 2 aromatic rings. The maximum atomic E-state index is 13.3. The van der Waals surface area contributed by atoms with E-state index in [1.54, 1.807) is 4.90 Å². The molecule has 2 aromatic carbocycles. The molecule has 3 aliphatic rings. The number of carbonyl (C=O) groups is 3. The quantitative estimate of drug-likeness (QED) is 0.712. The highest BCUT2D eigenvalue weighted by atomic mass is 16.5. The summed E-state index contributed by atoms with van der Waals surface area (Å²) in [7, 11) is 0. The van der Waals surface area contributed by atoms with Crippen LogP contribution in [-0.2, 0) is 9.59 Å². The number of nitrogens with one attached hydrogen (secondary N) is 2. The summed E-state index contributed by atoms with van der Waals surface area (Å²) < 4.78 is 6.35. The molecule has 178 valence electrons. The number of hydrogen-bond donors (Lipinski definition) is 2. The highest BCUT2D eigenvalue weighted by molar-refractivity contribution is 5.94. The van der Waals surface area contributed by atoms with Crippen molar-refractivity contribution in [2.24, 2.45) is 5.92 Å². The fraction of sp³-hybridized carbons (Fsp3) is 0.423. The predicted octanol–water partition coefficient (Wildman–Crippen LogP) is 3.71. The second kappa shape index (κ2) is 9.37. The molecule has 8 nitrogen and oxygen atoms in total. The number of nitrogens with zero attached hydrogens (tertiary/aromatic N) is 2. The Labute approximate surface area is 199 Å². The summed E-state index contributed by atoms with van der Waals surface area (Å²) in [4.78, 5) is 42.2. The van der Waals surface area contributed by atoms with Crippen LogP contribution in [0.5, 0.6) is 5.75 Å². The number of hydrogen-bond acceptors (Lipinski definition) is 4. The third kappa shape index (κ3) is 4.71. The maximum Gasteiger partial charge on any atom is 0.321 e. The van der Waals surface area contributed by atoms with Gasteiger partial charge in [0.25, 0.3) is 0 Å². The van der Waals surface area contributed by atoms with E-state index in [9.17, 15) is 14.4 Å². The Hall–Kier alpha value is -3.55. The van der Waals surface area contributed by atoms with Crippen LogP contribution in [0.3, 0.4) is 0 Å². The van der Waals surface area contributed by atoms with Gasteiger partial charge in [0, 0.05) is 44.7 Å². The van der Waals surface area contributed by atoms with Crippen LogP contribution in [0.2, 0.25) is 0 Å². The van der Waals surface area contributed by atoms with Gasteiger partial charge in [-0.05, 0) is 37.1 Å². The lowest BCUT2D eigenvalue weighted by molar-refractivity contribution is -0.140. The summed E-state index contributed by atoms with van der Waals surface area (Å²) in [6.07, 6.45) is 3.07. The number of likely N-dealkylation sites (tertiary alicyclic amines) is 2. The number of amides is 4. The van der Waals surface area contributed by atoms with E-state index in [2.05, 4.69) is 10.6 Å². The summed E-state index contributed by atoms with van der Waals surface area (Å²) in [6, 6.07) is 16.7.